The molecule has 0 atom stereocenters. The molecule has 2 aromatic carbocycles. The van der Waals surface area contributed by atoms with Gasteiger partial charge in [-0.15, -0.1) is 0 Å². The van der Waals surface area contributed by atoms with E-state index in [4.69, 9.17) is 4.74 Å². The summed E-state index contributed by atoms with van der Waals surface area (Å²) in [6.07, 6.45) is 0. The number of rotatable bonds is 4. The van der Waals surface area contributed by atoms with Crippen LogP contribution in [0.3, 0.4) is 0 Å². The second-order valence-electron chi connectivity index (χ2n) is 4.42. The van der Waals surface area contributed by atoms with Crippen LogP contribution in [0.2, 0.25) is 0 Å². The van der Waals surface area contributed by atoms with Crippen molar-refractivity contribution in [1.29, 1.82) is 0 Å². The summed E-state index contributed by atoms with van der Waals surface area (Å²) >= 11 is 0. The van der Waals surface area contributed by atoms with Crippen molar-refractivity contribution in [3.63, 3.8) is 0 Å². The number of ether oxygens (including phenoxy) is 1. The van der Waals surface area contributed by atoms with Crippen LogP contribution >= 0.6 is 0 Å². The zero-order valence-electron chi connectivity index (χ0n) is 11.6. The lowest BCUT2D eigenvalue weighted by molar-refractivity contribution is -0.383. The largest absolute Gasteiger partial charge is 0.465 e. The zero-order chi connectivity index (χ0) is 15.4. The maximum Gasteiger partial charge on any atom is 0.338 e. The van der Waals surface area contributed by atoms with Crippen molar-refractivity contribution in [2.75, 3.05) is 12.4 Å². The monoisotopic (exact) mass is 286 g/mol. The van der Waals surface area contributed by atoms with Crippen molar-refractivity contribution in [3.05, 3.63) is 63.7 Å². The third-order valence-corrected chi connectivity index (χ3v) is 3.02. The zero-order valence-corrected chi connectivity index (χ0v) is 11.6. The normalized spacial score (nSPS) is 10.0. The Labute approximate surface area is 121 Å². The van der Waals surface area contributed by atoms with Gasteiger partial charge in [-0.2, -0.15) is 0 Å². The van der Waals surface area contributed by atoms with Crippen LogP contribution in [0.5, 0.6) is 0 Å². The second-order valence-corrected chi connectivity index (χ2v) is 4.42. The number of nitrogens with zero attached hydrogens (tertiary/aromatic N) is 1. The van der Waals surface area contributed by atoms with Crippen molar-refractivity contribution >= 4 is 23.0 Å². The number of carbonyl (C=O) groups excluding carboxylic acids is 1. The van der Waals surface area contributed by atoms with Gasteiger partial charge >= 0.3 is 5.97 Å². The third-order valence-electron chi connectivity index (χ3n) is 3.02. The molecule has 6 heteroatoms. The average molecular weight is 286 g/mol. The van der Waals surface area contributed by atoms with Crippen molar-refractivity contribution in [1.82, 2.24) is 0 Å². The first-order valence-corrected chi connectivity index (χ1v) is 6.22. The number of nitrogens with one attached hydrogen (secondary N) is 1. The fraction of sp³-hybridized carbons (Fsp3) is 0.133. The predicted molar refractivity (Wildman–Crippen MR) is 78.9 cm³/mol. The van der Waals surface area contributed by atoms with E-state index in [2.05, 4.69) is 5.32 Å². The van der Waals surface area contributed by atoms with Gasteiger partial charge in [0.25, 0.3) is 5.69 Å². The van der Waals surface area contributed by atoms with Crippen molar-refractivity contribution in [2.45, 2.75) is 6.92 Å². The summed E-state index contributed by atoms with van der Waals surface area (Å²) in [4.78, 5) is 22.2. The van der Waals surface area contributed by atoms with Crippen LogP contribution in [0.15, 0.2) is 42.5 Å². The fourth-order valence-corrected chi connectivity index (χ4v) is 1.92. The lowest BCUT2D eigenvalue weighted by atomic mass is 10.1. The average Bonchev–Trinajstić information content (AvgIpc) is 2.48. The Kier molecular flexibility index (Phi) is 4.18. The van der Waals surface area contributed by atoms with Gasteiger partial charge in [0.15, 0.2) is 0 Å². The molecule has 0 unspecified atom stereocenters. The lowest BCUT2D eigenvalue weighted by Crippen LogP contribution is -2.05. The summed E-state index contributed by atoms with van der Waals surface area (Å²) in [5.74, 6) is -0.446. The first-order valence-electron chi connectivity index (χ1n) is 6.22. The highest BCUT2D eigenvalue weighted by Crippen LogP contribution is 2.28. The van der Waals surface area contributed by atoms with Gasteiger partial charge in [0, 0.05) is 11.8 Å². The number of nitro benzene ring substituents is 1. The van der Waals surface area contributed by atoms with Crippen LogP contribution in [-0.4, -0.2) is 18.0 Å². The number of benzene rings is 2. The highest BCUT2D eigenvalue weighted by molar-refractivity contribution is 5.92. The minimum atomic E-state index is -0.461. The number of para-hydroxylation sites is 2. The standard InChI is InChI=1S/C15H14N2O4/c1-10-7-8-11(9-12(10)15(18)21-2)16-13-5-3-4-6-14(13)17(19)20/h3-9,16H,1-2H3. The highest BCUT2D eigenvalue weighted by atomic mass is 16.6. The molecule has 21 heavy (non-hydrogen) atoms. The smallest absolute Gasteiger partial charge is 0.338 e. The molecular formula is C15H14N2O4. The molecule has 2 aromatic rings. The molecule has 0 fully saturated rings. The fourth-order valence-electron chi connectivity index (χ4n) is 1.92. The Hall–Kier alpha value is -2.89. The summed E-state index contributed by atoms with van der Waals surface area (Å²) in [7, 11) is 1.31. The van der Waals surface area contributed by atoms with Gasteiger partial charge in [0.2, 0.25) is 0 Å². The summed E-state index contributed by atoms with van der Waals surface area (Å²) in [5, 5.41) is 13.9. The minimum Gasteiger partial charge on any atom is -0.465 e. The van der Waals surface area contributed by atoms with Gasteiger partial charge in [-0.1, -0.05) is 18.2 Å². The SMILES string of the molecule is COC(=O)c1cc(Nc2ccccc2[N+](=O)[O-])ccc1C. The molecule has 6 nitrogen and oxygen atoms in total. The maximum absolute atomic E-state index is 11.7. The van der Waals surface area contributed by atoms with Gasteiger partial charge in [0.05, 0.1) is 17.6 Å². The van der Waals surface area contributed by atoms with E-state index in [1.54, 1.807) is 43.3 Å². The van der Waals surface area contributed by atoms with Crippen LogP contribution in [0, 0.1) is 17.0 Å². The second kappa shape index (κ2) is 6.04. The van der Waals surface area contributed by atoms with E-state index in [1.165, 1.54) is 13.2 Å². The summed E-state index contributed by atoms with van der Waals surface area (Å²) < 4.78 is 4.71. The van der Waals surface area contributed by atoms with Gasteiger partial charge < -0.3 is 10.1 Å². The van der Waals surface area contributed by atoms with E-state index in [0.29, 0.717) is 16.9 Å². The minimum absolute atomic E-state index is 0.0299. The molecule has 108 valence electrons. The van der Waals surface area contributed by atoms with E-state index in [0.717, 1.165) is 5.56 Å². The van der Waals surface area contributed by atoms with Crippen molar-refractivity contribution in [2.24, 2.45) is 0 Å². The molecule has 0 saturated heterocycles. The lowest BCUT2D eigenvalue weighted by Gasteiger charge is -2.10. The number of anilines is 2. The number of hydrogen-bond donors (Lipinski definition) is 1. The van der Waals surface area contributed by atoms with Crippen LogP contribution in [-0.2, 0) is 4.74 Å². The number of carbonyl (C=O) groups is 1. The Balaban J connectivity index is 2.37. The maximum atomic E-state index is 11.7. The van der Waals surface area contributed by atoms with Crippen molar-refractivity contribution < 1.29 is 14.5 Å². The molecule has 0 aliphatic heterocycles. The molecule has 0 saturated carbocycles. The number of hydrogen-bond acceptors (Lipinski definition) is 5. The molecule has 0 aliphatic carbocycles. The number of esters is 1. The summed E-state index contributed by atoms with van der Waals surface area (Å²) in [5.41, 5.74) is 2.10. The van der Waals surface area contributed by atoms with E-state index in [9.17, 15) is 14.9 Å². The molecule has 0 spiro atoms. The van der Waals surface area contributed by atoms with Crippen LogP contribution < -0.4 is 5.32 Å². The number of nitro groups is 1. The van der Waals surface area contributed by atoms with E-state index in [1.807, 2.05) is 0 Å². The molecule has 0 heterocycles. The topological polar surface area (TPSA) is 81.5 Å². The molecular weight excluding hydrogens is 272 g/mol. The molecule has 0 bridgehead atoms. The highest BCUT2D eigenvalue weighted by Gasteiger charge is 2.14. The first-order chi connectivity index (χ1) is 10.0. The van der Waals surface area contributed by atoms with Crippen LogP contribution in [0.4, 0.5) is 17.1 Å². The third kappa shape index (κ3) is 3.17. The summed E-state index contributed by atoms with van der Waals surface area (Å²) in [6, 6.07) is 11.4. The van der Waals surface area contributed by atoms with Crippen LogP contribution in [0.25, 0.3) is 0 Å². The van der Waals surface area contributed by atoms with Gasteiger partial charge in [0.1, 0.15) is 5.69 Å². The molecule has 0 aliphatic rings. The number of aryl methyl sites for hydroxylation is 1. The Bertz CT molecular complexity index is 698. The first kappa shape index (κ1) is 14.5. The van der Waals surface area contributed by atoms with Gasteiger partial charge in [-0.05, 0) is 30.7 Å². The quantitative estimate of drug-likeness (QED) is 0.529. The van der Waals surface area contributed by atoms with Crippen molar-refractivity contribution in [3.8, 4) is 0 Å². The molecule has 2 rings (SSSR count). The molecule has 1 N–H and O–H groups in total. The van der Waals surface area contributed by atoms with E-state index >= 15 is 0 Å². The molecule has 0 amide bonds. The molecule has 0 aromatic heterocycles. The van der Waals surface area contributed by atoms with E-state index < -0.39 is 10.9 Å². The van der Waals surface area contributed by atoms with Gasteiger partial charge in [-0.25, -0.2) is 4.79 Å². The number of methoxy groups -OCH3 is 1. The van der Waals surface area contributed by atoms with Crippen LogP contribution in [0.1, 0.15) is 15.9 Å². The van der Waals surface area contributed by atoms with E-state index in [-0.39, 0.29) is 5.69 Å². The summed E-state index contributed by atoms with van der Waals surface area (Å²) in [6.45, 7) is 1.79. The van der Waals surface area contributed by atoms with Gasteiger partial charge in [-0.3, -0.25) is 10.1 Å². The Morgan fingerprint density at radius 1 is 1.24 bits per heavy atom. The molecule has 0 radical (unpaired) electrons. The Morgan fingerprint density at radius 3 is 2.62 bits per heavy atom. The predicted octanol–water partition coefficient (Wildman–Crippen LogP) is 3.43. The Morgan fingerprint density at radius 2 is 1.95 bits per heavy atom.